The summed E-state index contributed by atoms with van der Waals surface area (Å²) in [6.45, 7) is 0.117. The quantitative estimate of drug-likeness (QED) is 0.725. The SMILES string of the molecule is O=C(/C=C/c1cccc(F)c1)NCCO. The fourth-order valence-corrected chi connectivity index (χ4v) is 1.02. The van der Waals surface area contributed by atoms with E-state index in [1.165, 1.54) is 24.3 Å². The Bertz CT molecular complexity index is 363. The second-order valence-electron chi connectivity index (χ2n) is 2.90. The summed E-state index contributed by atoms with van der Waals surface area (Å²) in [5, 5.41) is 10.9. The van der Waals surface area contributed by atoms with Crippen molar-refractivity contribution in [2.45, 2.75) is 0 Å². The first-order chi connectivity index (χ1) is 7.22. The fraction of sp³-hybridized carbons (Fsp3) is 0.182. The topological polar surface area (TPSA) is 49.3 Å². The molecular formula is C11H12FNO2. The van der Waals surface area contributed by atoms with Gasteiger partial charge in [-0.25, -0.2) is 4.39 Å². The highest BCUT2D eigenvalue weighted by Gasteiger charge is 1.94. The normalized spacial score (nSPS) is 10.5. The van der Waals surface area contributed by atoms with Crippen molar-refractivity contribution in [2.75, 3.05) is 13.2 Å². The molecule has 1 aromatic carbocycles. The van der Waals surface area contributed by atoms with Gasteiger partial charge < -0.3 is 10.4 Å². The molecule has 2 N–H and O–H groups in total. The molecule has 0 aliphatic carbocycles. The Kier molecular flexibility index (Phi) is 4.50. The average molecular weight is 209 g/mol. The van der Waals surface area contributed by atoms with Crippen LogP contribution in [0.1, 0.15) is 5.56 Å². The van der Waals surface area contributed by atoms with Crippen molar-refractivity contribution in [3.05, 3.63) is 41.7 Å². The van der Waals surface area contributed by atoms with Crippen LogP contribution in [0.2, 0.25) is 0 Å². The lowest BCUT2D eigenvalue weighted by Crippen LogP contribution is -2.24. The molecule has 1 aromatic rings. The standard InChI is InChI=1S/C11H12FNO2/c12-10-3-1-2-9(8-10)4-5-11(15)13-6-7-14/h1-5,8,14H,6-7H2,(H,13,15)/b5-4+. The third kappa shape index (κ3) is 4.37. The van der Waals surface area contributed by atoms with E-state index in [1.54, 1.807) is 12.1 Å². The van der Waals surface area contributed by atoms with Crippen LogP contribution in [-0.4, -0.2) is 24.2 Å². The van der Waals surface area contributed by atoms with Gasteiger partial charge in [-0.2, -0.15) is 0 Å². The number of hydrogen-bond acceptors (Lipinski definition) is 2. The first kappa shape index (κ1) is 11.4. The first-order valence-corrected chi connectivity index (χ1v) is 4.54. The number of nitrogens with one attached hydrogen (secondary N) is 1. The highest BCUT2D eigenvalue weighted by molar-refractivity contribution is 5.91. The van der Waals surface area contributed by atoms with Crippen LogP contribution in [0.3, 0.4) is 0 Å². The number of aliphatic hydroxyl groups excluding tert-OH is 1. The monoisotopic (exact) mass is 209 g/mol. The van der Waals surface area contributed by atoms with Crippen molar-refractivity contribution in [1.29, 1.82) is 0 Å². The Labute approximate surface area is 87.2 Å². The van der Waals surface area contributed by atoms with Gasteiger partial charge in [-0.05, 0) is 23.8 Å². The minimum atomic E-state index is -0.340. The van der Waals surface area contributed by atoms with E-state index < -0.39 is 0 Å². The third-order valence-corrected chi connectivity index (χ3v) is 1.69. The molecule has 80 valence electrons. The molecule has 0 aromatic heterocycles. The van der Waals surface area contributed by atoms with Crippen LogP contribution in [0, 0.1) is 5.82 Å². The van der Waals surface area contributed by atoms with E-state index in [1.807, 2.05) is 0 Å². The summed E-state index contributed by atoms with van der Waals surface area (Å²) in [5.74, 6) is -0.652. The molecule has 0 atom stereocenters. The molecule has 4 heteroatoms. The Morgan fingerprint density at radius 2 is 2.33 bits per heavy atom. The highest BCUT2D eigenvalue weighted by Crippen LogP contribution is 2.04. The molecule has 1 rings (SSSR count). The van der Waals surface area contributed by atoms with E-state index in [4.69, 9.17) is 5.11 Å². The summed E-state index contributed by atoms with van der Waals surface area (Å²) >= 11 is 0. The van der Waals surface area contributed by atoms with Gasteiger partial charge in [0.05, 0.1) is 6.61 Å². The third-order valence-electron chi connectivity index (χ3n) is 1.69. The maximum absolute atomic E-state index is 12.7. The average Bonchev–Trinajstić information content (AvgIpc) is 2.23. The summed E-state index contributed by atoms with van der Waals surface area (Å²) in [6.07, 6.45) is 2.81. The van der Waals surface area contributed by atoms with Gasteiger partial charge >= 0.3 is 0 Å². The first-order valence-electron chi connectivity index (χ1n) is 4.54. The van der Waals surface area contributed by atoms with Gasteiger partial charge in [0, 0.05) is 12.6 Å². The number of carbonyl (C=O) groups excluding carboxylic acids is 1. The van der Waals surface area contributed by atoms with Crippen molar-refractivity contribution in [2.24, 2.45) is 0 Å². The molecule has 0 unspecified atom stereocenters. The molecule has 0 aliphatic rings. The molecule has 0 radical (unpaired) electrons. The van der Waals surface area contributed by atoms with Crippen LogP contribution in [0.4, 0.5) is 4.39 Å². The fourth-order valence-electron chi connectivity index (χ4n) is 1.02. The smallest absolute Gasteiger partial charge is 0.244 e. The molecule has 3 nitrogen and oxygen atoms in total. The second kappa shape index (κ2) is 5.93. The number of benzene rings is 1. The van der Waals surface area contributed by atoms with E-state index >= 15 is 0 Å². The maximum Gasteiger partial charge on any atom is 0.244 e. The Hall–Kier alpha value is -1.68. The number of amides is 1. The summed E-state index contributed by atoms with van der Waals surface area (Å²) in [7, 11) is 0. The lowest BCUT2D eigenvalue weighted by atomic mass is 10.2. The summed E-state index contributed by atoms with van der Waals surface area (Å²) in [4.78, 5) is 11.1. The van der Waals surface area contributed by atoms with E-state index in [-0.39, 0.29) is 24.9 Å². The minimum absolute atomic E-state index is 0.0977. The molecule has 0 fully saturated rings. The second-order valence-corrected chi connectivity index (χ2v) is 2.90. The van der Waals surface area contributed by atoms with Crippen molar-refractivity contribution in [1.82, 2.24) is 5.32 Å². The Morgan fingerprint density at radius 1 is 1.53 bits per heavy atom. The van der Waals surface area contributed by atoms with E-state index in [9.17, 15) is 9.18 Å². The van der Waals surface area contributed by atoms with Crippen molar-refractivity contribution in [3.63, 3.8) is 0 Å². The van der Waals surface area contributed by atoms with E-state index in [0.717, 1.165) is 0 Å². The predicted molar refractivity (Wildman–Crippen MR) is 55.5 cm³/mol. The molecule has 1 amide bonds. The zero-order chi connectivity index (χ0) is 11.1. The summed E-state index contributed by atoms with van der Waals surface area (Å²) in [6, 6.07) is 5.93. The molecule has 0 heterocycles. The van der Waals surface area contributed by atoms with Gasteiger partial charge in [0.15, 0.2) is 0 Å². The van der Waals surface area contributed by atoms with Gasteiger partial charge in [0.25, 0.3) is 0 Å². The summed E-state index contributed by atoms with van der Waals surface area (Å²) in [5.41, 5.74) is 0.620. The van der Waals surface area contributed by atoms with Crippen LogP contribution >= 0.6 is 0 Å². The minimum Gasteiger partial charge on any atom is -0.395 e. The van der Waals surface area contributed by atoms with Crippen molar-refractivity contribution >= 4 is 12.0 Å². The zero-order valence-electron chi connectivity index (χ0n) is 8.11. The van der Waals surface area contributed by atoms with Gasteiger partial charge in [0.1, 0.15) is 5.82 Å². The number of halogens is 1. The zero-order valence-corrected chi connectivity index (χ0v) is 8.11. The molecule has 0 saturated carbocycles. The van der Waals surface area contributed by atoms with Gasteiger partial charge in [-0.15, -0.1) is 0 Å². The van der Waals surface area contributed by atoms with Gasteiger partial charge in [0.2, 0.25) is 5.91 Å². The van der Waals surface area contributed by atoms with Crippen LogP contribution in [0.5, 0.6) is 0 Å². The largest absolute Gasteiger partial charge is 0.395 e. The predicted octanol–water partition coefficient (Wildman–Crippen LogP) is 0.947. The summed E-state index contributed by atoms with van der Waals surface area (Å²) < 4.78 is 12.7. The van der Waals surface area contributed by atoms with Gasteiger partial charge in [-0.1, -0.05) is 12.1 Å². The highest BCUT2D eigenvalue weighted by atomic mass is 19.1. The lowest BCUT2D eigenvalue weighted by Gasteiger charge is -1.97. The Morgan fingerprint density at radius 3 is 3.00 bits per heavy atom. The number of rotatable bonds is 4. The molecule has 0 spiro atoms. The van der Waals surface area contributed by atoms with Crippen LogP contribution < -0.4 is 5.32 Å². The van der Waals surface area contributed by atoms with E-state index in [2.05, 4.69) is 5.32 Å². The van der Waals surface area contributed by atoms with Gasteiger partial charge in [-0.3, -0.25) is 4.79 Å². The van der Waals surface area contributed by atoms with Crippen LogP contribution in [0.25, 0.3) is 6.08 Å². The molecular weight excluding hydrogens is 197 g/mol. The van der Waals surface area contributed by atoms with Crippen LogP contribution in [-0.2, 0) is 4.79 Å². The molecule has 0 aliphatic heterocycles. The van der Waals surface area contributed by atoms with Crippen LogP contribution in [0.15, 0.2) is 30.3 Å². The van der Waals surface area contributed by atoms with Crippen molar-refractivity contribution < 1.29 is 14.3 Å². The molecule has 15 heavy (non-hydrogen) atoms. The van der Waals surface area contributed by atoms with E-state index in [0.29, 0.717) is 5.56 Å². The lowest BCUT2D eigenvalue weighted by molar-refractivity contribution is -0.116. The maximum atomic E-state index is 12.7. The Balaban J connectivity index is 2.53. The number of aliphatic hydroxyl groups is 1. The number of hydrogen-bond donors (Lipinski definition) is 2. The van der Waals surface area contributed by atoms with Crippen molar-refractivity contribution in [3.8, 4) is 0 Å². The number of carbonyl (C=O) groups is 1. The molecule has 0 bridgehead atoms. The molecule has 0 saturated heterocycles.